The van der Waals surface area contributed by atoms with Gasteiger partial charge in [-0.25, -0.2) is 4.79 Å². The van der Waals surface area contributed by atoms with E-state index >= 15 is 0 Å². The molecule has 2 aromatic rings. The van der Waals surface area contributed by atoms with Crippen LogP contribution in [0.15, 0.2) is 24.5 Å². The molecular formula is C10H9Cl2N5O2. The van der Waals surface area contributed by atoms with Gasteiger partial charge in [0.25, 0.3) is 0 Å². The van der Waals surface area contributed by atoms with Gasteiger partial charge in [-0.2, -0.15) is 4.80 Å². The van der Waals surface area contributed by atoms with Crippen molar-refractivity contribution in [3.63, 3.8) is 0 Å². The second-order valence-electron chi connectivity index (χ2n) is 3.59. The molecule has 0 saturated heterocycles. The Morgan fingerprint density at radius 3 is 2.79 bits per heavy atom. The summed E-state index contributed by atoms with van der Waals surface area (Å²) in [6, 6.07) is 4.87. The fourth-order valence-corrected chi connectivity index (χ4v) is 1.79. The summed E-state index contributed by atoms with van der Waals surface area (Å²) in [5.41, 5.74) is 5.67. The van der Waals surface area contributed by atoms with Gasteiger partial charge in [0, 0.05) is 0 Å². The molecule has 1 atom stereocenters. The van der Waals surface area contributed by atoms with Gasteiger partial charge < -0.3 is 10.5 Å². The molecule has 0 spiro atoms. The third-order valence-electron chi connectivity index (χ3n) is 2.29. The zero-order chi connectivity index (χ0) is 13.8. The van der Waals surface area contributed by atoms with Crippen molar-refractivity contribution in [2.45, 2.75) is 12.6 Å². The first-order chi connectivity index (χ1) is 9.06. The number of carbonyl (C=O) groups excluding carboxylic acids is 1. The summed E-state index contributed by atoms with van der Waals surface area (Å²) in [6.07, 6.45) is -0.312. The van der Waals surface area contributed by atoms with Gasteiger partial charge in [0.1, 0.15) is 6.54 Å². The molecule has 1 amide bonds. The Kier molecular flexibility index (Phi) is 4.18. The topological polar surface area (TPSA) is 95.9 Å². The third kappa shape index (κ3) is 3.55. The van der Waals surface area contributed by atoms with Crippen LogP contribution in [0.25, 0.3) is 0 Å². The Balaban J connectivity index is 2.25. The summed E-state index contributed by atoms with van der Waals surface area (Å²) in [6.45, 7) is 0.168. The molecule has 0 fully saturated rings. The number of amides is 1. The van der Waals surface area contributed by atoms with Crippen molar-refractivity contribution >= 4 is 29.3 Å². The van der Waals surface area contributed by atoms with Crippen LogP contribution in [-0.2, 0) is 11.3 Å². The van der Waals surface area contributed by atoms with Crippen molar-refractivity contribution in [3.8, 4) is 0 Å². The summed E-state index contributed by atoms with van der Waals surface area (Å²) in [5, 5.41) is 11.8. The molecular weight excluding hydrogens is 293 g/mol. The van der Waals surface area contributed by atoms with Gasteiger partial charge in [0.2, 0.25) is 0 Å². The predicted octanol–water partition coefficient (Wildman–Crippen LogP) is 1.82. The van der Waals surface area contributed by atoms with E-state index in [1.54, 1.807) is 18.2 Å². The van der Waals surface area contributed by atoms with Crippen LogP contribution in [0, 0.1) is 0 Å². The predicted molar refractivity (Wildman–Crippen MR) is 67.7 cm³/mol. The van der Waals surface area contributed by atoms with Crippen LogP contribution in [0.1, 0.15) is 11.7 Å². The number of ether oxygens (including phenoxy) is 1. The van der Waals surface area contributed by atoms with Crippen molar-refractivity contribution in [1.29, 1.82) is 0 Å². The molecule has 0 bridgehead atoms. The van der Waals surface area contributed by atoms with E-state index in [-0.39, 0.29) is 6.54 Å². The van der Waals surface area contributed by atoms with Crippen LogP contribution in [0.2, 0.25) is 10.0 Å². The van der Waals surface area contributed by atoms with Crippen LogP contribution in [-0.4, -0.2) is 26.3 Å². The molecule has 9 heteroatoms. The molecule has 2 N–H and O–H groups in total. The van der Waals surface area contributed by atoms with Crippen molar-refractivity contribution in [2.75, 3.05) is 0 Å². The molecule has 1 aromatic carbocycles. The zero-order valence-corrected chi connectivity index (χ0v) is 11.0. The Morgan fingerprint density at radius 2 is 2.21 bits per heavy atom. The van der Waals surface area contributed by atoms with E-state index in [9.17, 15) is 4.79 Å². The Hall–Kier alpha value is -1.86. The number of nitrogens with zero attached hydrogens (tertiary/aromatic N) is 4. The molecule has 0 unspecified atom stereocenters. The largest absolute Gasteiger partial charge is 0.439 e. The van der Waals surface area contributed by atoms with Gasteiger partial charge in [-0.05, 0) is 22.9 Å². The van der Waals surface area contributed by atoms with Crippen LogP contribution in [0.4, 0.5) is 4.79 Å². The van der Waals surface area contributed by atoms with Crippen LogP contribution in [0.5, 0.6) is 0 Å². The molecule has 1 heterocycles. The SMILES string of the molecule is NC(=O)O[C@@H](Cn1ncnn1)c1ccc(Cl)c(Cl)c1. The highest BCUT2D eigenvalue weighted by molar-refractivity contribution is 6.42. The molecule has 19 heavy (non-hydrogen) atoms. The quantitative estimate of drug-likeness (QED) is 0.929. The van der Waals surface area contributed by atoms with Gasteiger partial charge in [-0.15, -0.1) is 10.2 Å². The number of benzene rings is 1. The molecule has 0 saturated carbocycles. The average molecular weight is 302 g/mol. The summed E-state index contributed by atoms with van der Waals surface area (Å²) in [4.78, 5) is 12.2. The number of carbonyl (C=O) groups is 1. The third-order valence-corrected chi connectivity index (χ3v) is 3.03. The molecule has 7 nitrogen and oxygen atoms in total. The van der Waals surface area contributed by atoms with E-state index in [4.69, 9.17) is 33.7 Å². The minimum atomic E-state index is -0.906. The van der Waals surface area contributed by atoms with E-state index in [2.05, 4.69) is 15.4 Å². The van der Waals surface area contributed by atoms with E-state index in [0.29, 0.717) is 15.6 Å². The van der Waals surface area contributed by atoms with E-state index in [1.165, 1.54) is 11.1 Å². The number of aromatic nitrogens is 4. The second kappa shape index (κ2) is 5.85. The number of tetrazole rings is 1. The number of hydrogen-bond donors (Lipinski definition) is 1. The Morgan fingerprint density at radius 1 is 1.42 bits per heavy atom. The van der Waals surface area contributed by atoms with Crippen molar-refractivity contribution in [3.05, 3.63) is 40.1 Å². The minimum absolute atomic E-state index is 0.168. The highest BCUT2D eigenvalue weighted by atomic mass is 35.5. The molecule has 0 aliphatic heterocycles. The lowest BCUT2D eigenvalue weighted by atomic mass is 10.1. The highest BCUT2D eigenvalue weighted by Gasteiger charge is 2.18. The maximum atomic E-state index is 10.9. The number of nitrogens with two attached hydrogens (primary N) is 1. The summed E-state index contributed by atoms with van der Waals surface area (Å²) in [7, 11) is 0. The van der Waals surface area contributed by atoms with Crippen molar-refractivity contribution in [1.82, 2.24) is 20.2 Å². The smallest absolute Gasteiger partial charge is 0.405 e. The first-order valence-corrected chi connectivity index (χ1v) is 5.93. The van der Waals surface area contributed by atoms with E-state index in [1.807, 2.05) is 0 Å². The Bertz CT molecular complexity index is 575. The van der Waals surface area contributed by atoms with Crippen LogP contribution in [0.3, 0.4) is 0 Å². The lowest BCUT2D eigenvalue weighted by Gasteiger charge is -2.16. The fourth-order valence-electron chi connectivity index (χ4n) is 1.48. The second-order valence-corrected chi connectivity index (χ2v) is 4.40. The average Bonchev–Trinajstić information content (AvgIpc) is 2.84. The van der Waals surface area contributed by atoms with E-state index in [0.717, 1.165) is 0 Å². The van der Waals surface area contributed by atoms with Gasteiger partial charge in [0.05, 0.1) is 10.0 Å². The van der Waals surface area contributed by atoms with Gasteiger partial charge in [0.15, 0.2) is 12.4 Å². The maximum absolute atomic E-state index is 10.9. The zero-order valence-electron chi connectivity index (χ0n) is 9.53. The van der Waals surface area contributed by atoms with Gasteiger partial charge in [-0.1, -0.05) is 29.3 Å². The number of rotatable bonds is 4. The maximum Gasteiger partial charge on any atom is 0.405 e. The molecule has 1 aromatic heterocycles. The number of primary amides is 1. The monoisotopic (exact) mass is 301 g/mol. The summed E-state index contributed by atoms with van der Waals surface area (Å²) >= 11 is 11.8. The molecule has 0 aliphatic carbocycles. The first kappa shape index (κ1) is 13.6. The van der Waals surface area contributed by atoms with Crippen molar-refractivity contribution < 1.29 is 9.53 Å². The lowest BCUT2D eigenvalue weighted by molar-refractivity contribution is 0.0900. The van der Waals surface area contributed by atoms with E-state index < -0.39 is 12.2 Å². The summed E-state index contributed by atoms with van der Waals surface area (Å²) in [5.74, 6) is 0. The summed E-state index contributed by atoms with van der Waals surface area (Å²) < 4.78 is 5.01. The van der Waals surface area contributed by atoms with Gasteiger partial charge >= 0.3 is 6.09 Å². The van der Waals surface area contributed by atoms with Gasteiger partial charge in [-0.3, -0.25) is 0 Å². The lowest BCUT2D eigenvalue weighted by Crippen LogP contribution is -2.22. The first-order valence-electron chi connectivity index (χ1n) is 5.18. The molecule has 100 valence electrons. The molecule has 0 radical (unpaired) electrons. The van der Waals surface area contributed by atoms with Crippen LogP contribution >= 0.6 is 23.2 Å². The molecule has 0 aliphatic rings. The highest BCUT2D eigenvalue weighted by Crippen LogP contribution is 2.27. The van der Waals surface area contributed by atoms with Crippen molar-refractivity contribution in [2.24, 2.45) is 5.73 Å². The fraction of sp³-hybridized carbons (Fsp3) is 0.200. The normalized spacial score (nSPS) is 12.1. The van der Waals surface area contributed by atoms with Crippen LogP contribution < -0.4 is 5.73 Å². The Labute approximate surface area is 118 Å². The number of halogens is 2. The minimum Gasteiger partial charge on any atom is -0.439 e. The standard InChI is InChI=1S/C10H9Cl2N5O2/c11-7-2-1-6(3-8(7)12)9(19-10(13)18)4-17-15-5-14-16-17/h1-3,5,9H,4H2,(H2,13,18)/t9-/m0/s1. The number of hydrogen-bond acceptors (Lipinski definition) is 5. The molecule has 2 rings (SSSR count).